The van der Waals surface area contributed by atoms with Crippen molar-refractivity contribution < 1.29 is 5.11 Å². The fraction of sp³-hybridized carbons (Fsp3) is 0.154. The van der Waals surface area contributed by atoms with E-state index in [1.54, 1.807) is 18.2 Å². The zero-order valence-electron chi connectivity index (χ0n) is 18.6. The monoisotopic (exact) mass is 456 g/mol. The molecular weight excluding hydrogens is 432 g/mol. The summed E-state index contributed by atoms with van der Waals surface area (Å²) in [7, 11) is 0. The molecule has 0 bridgehead atoms. The van der Waals surface area contributed by atoms with Crippen LogP contribution in [0, 0.1) is 0 Å². The van der Waals surface area contributed by atoms with Crippen LogP contribution in [-0.2, 0) is 13.1 Å². The lowest BCUT2D eigenvalue weighted by atomic mass is 9.89. The molecular formula is C26H24N4O4. The van der Waals surface area contributed by atoms with E-state index in [0.717, 1.165) is 4.57 Å². The Kier molecular flexibility index (Phi) is 5.89. The van der Waals surface area contributed by atoms with Gasteiger partial charge in [-0.1, -0.05) is 24.3 Å². The highest BCUT2D eigenvalue weighted by Gasteiger charge is 2.28. The molecule has 2 aromatic rings. The van der Waals surface area contributed by atoms with E-state index < -0.39 is 16.7 Å². The molecule has 1 aromatic heterocycles. The van der Waals surface area contributed by atoms with Gasteiger partial charge in [-0.05, 0) is 12.1 Å². The molecule has 0 unspecified atom stereocenters. The Morgan fingerprint density at radius 3 is 2.18 bits per heavy atom. The minimum absolute atomic E-state index is 0.0194. The molecule has 8 nitrogen and oxygen atoms in total. The van der Waals surface area contributed by atoms with E-state index in [-0.39, 0.29) is 47.2 Å². The van der Waals surface area contributed by atoms with Gasteiger partial charge < -0.3 is 10.4 Å². The third-order valence-corrected chi connectivity index (χ3v) is 5.72. The first-order valence-corrected chi connectivity index (χ1v) is 10.7. The van der Waals surface area contributed by atoms with Crippen molar-refractivity contribution in [2.24, 2.45) is 4.99 Å². The molecule has 1 aliphatic heterocycles. The Hall–Kier alpha value is -4.46. The topological polar surface area (TPSA) is 106 Å². The van der Waals surface area contributed by atoms with Crippen molar-refractivity contribution in [3.05, 3.63) is 99.2 Å². The smallest absolute Gasteiger partial charge is 0.263 e. The van der Waals surface area contributed by atoms with Gasteiger partial charge in [-0.3, -0.25) is 28.5 Å². The average Bonchev–Trinajstić information content (AvgIpc) is 2.83. The van der Waals surface area contributed by atoms with Crippen molar-refractivity contribution in [3.63, 3.8) is 0 Å². The van der Waals surface area contributed by atoms with Crippen LogP contribution >= 0.6 is 0 Å². The van der Waals surface area contributed by atoms with E-state index in [2.05, 4.69) is 36.6 Å². The molecule has 0 amide bonds. The quantitative estimate of drug-likeness (QED) is 0.297. The van der Waals surface area contributed by atoms with E-state index in [1.165, 1.54) is 22.8 Å². The minimum Gasteiger partial charge on any atom is -0.494 e. The van der Waals surface area contributed by atoms with Crippen LogP contribution in [0.4, 0.5) is 5.69 Å². The van der Waals surface area contributed by atoms with Crippen LogP contribution in [0.5, 0.6) is 5.88 Å². The Morgan fingerprint density at radius 1 is 0.853 bits per heavy atom. The molecule has 2 heterocycles. The van der Waals surface area contributed by atoms with E-state index in [1.807, 2.05) is 0 Å². The largest absolute Gasteiger partial charge is 0.494 e. The molecule has 0 spiro atoms. The lowest BCUT2D eigenvalue weighted by Gasteiger charge is -2.21. The van der Waals surface area contributed by atoms with Crippen LogP contribution in [0.3, 0.4) is 0 Å². The number of benzene rings is 2. The van der Waals surface area contributed by atoms with Gasteiger partial charge in [-0.15, -0.1) is 26.3 Å². The second kappa shape index (κ2) is 8.82. The molecule has 34 heavy (non-hydrogen) atoms. The van der Waals surface area contributed by atoms with Crippen molar-refractivity contribution >= 4 is 27.2 Å². The standard InChI is InChI=1S/C26H24N4O4/c1-5-9-27-17-13-15-20-19-16(24(32)29(11-7-3)25(33)21(17)19)14-18(28-10-6-2)22(20)26(34)30(12-8-4)23(15)31/h5-8,13-14,27,31H,1-4,9-12H2. The molecule has 0 fully saturated rings. The first kappa shape index (κ1) is 22.7. The maximum atomic E-state index is 13.5. The highest BCUT2D eigenvalue weighted by molar-refractivity contribution is 6.18. The summed E-state index contributed by atoms with van der Waals surface area (Å²) in [5, 5.41) is 15.6. The summed E-state index contributed by atoms with van der Waals surface area (Å²) in [6.07, 6.45) is 6.17. The number of hydrogen-bond donors (Lipinski definition) is 2. The molecule has 2 aliphatic rings. The number of aromatic nitrogens is 2. The van der Waals surface area contributed by atoms with Crippen LogP contribution in [0.15, 0.2) is 82.1 Å². The predicted molar refractivity (Wildman–Crippen MR) is 137 cm³/mol. The highest BCUT2D eigenvalue weighted by atomic mass is 16.3. The molecule has 0 atom stereocenters. The SMILES string of the molecule is C=CCN=c1cc2c(=O)n(CC=C)c(=O)c3c(NCC=C)cc4c(O)n(CC=C)c(=O)c1c4c3-2. The van der Waals surface area contributed by atoms with Gasteiger partial charge in [0.25, 0.3) is 16.7 Å². The second-order valence-electron chi connectivity index (χ2n) is 7.75. The first-order chi connectivity index (χ1) is 16.4. The van der Waals surface area contributed by atoms with Gasteiger partial charge in [0, 0.05) is 41.7 Å². The zero-order chi connectivity index (χ0) is 24.6. The van der Waals surface area contributed by atoms with E-state index in [4.69, 9.17) is 0 Å². The van der Waals surface area contributed by atoms with Crippen molar-refractivity contribution in [2.75, 3.05) is 18.4 Å². The molecule has 8 heteroatoms. The van der Waals surface area contributed by atoms with E-state index >= 15 is 0 Å². The van der Waals surface area contributed by atoms with Crippen LogP contribution in [0.2, 0.25) is 0 Å². The number of nitrogens with one attached hydrogen (secondary N) is 1. The van der Waals surface area contributed by atoms with Crippen molar-refractivity contribution in [1.82, 2.24) is 9.13 Å². The lowest BCUT2D eigenvalue weighted by molar-refractivity contribution is 0.424. The summed E-state index contributed by atoms with van der Waals surface area (Å²) in [5.41, 5.74) is -0.588. The van der Waals surface area contributed by atoms with Crippen molar-refractivity contribution in [3.8, 4) is 17.0 Å². The van der Waals surface area contributed by atoms with Gasteiger partial charge in [0.2, 0.25) is 5.88 Å². The number of hydrogen-bond acceptors (Lipinski definition) is 6. The minimum atomic E-state index is -0.522. The third kappa shape index (κ3) is 3.23. The summed E-state index contributed by atoms with van der Waals surface area (Å²) in [4.78, 5) is 44.8. The Bertz CT molecular complexity index is 1680. The van der Waals surface area contributed by atoms with Crippen molar-refractivity contribution in [2.45, 2.75) is 13.1 Å². The van der Waals surface area contributed by atoms with Crippen LogP contribution < -0.4 is 27.4 Å². The highest BCUT2D eigenvalue weighted by Crippen LogP contribution is 2.40. The van der Waals surface area contributed by atoms with Gasteiger partial charge in [-0.25, -0.2) is 0 Å². The Labute approximate surface area is 194 Å². The molecule has 1 aliphatic carbocycles. The molecule has 2 N–H and O–H groups in total. The van der Waals surface area contributed by atoms with Gasteiger partial charge in [0.1, 0.15) is 0 Å². The summed E-state index contributed by atoms with van der Waals surface area (Å²) < 4.78 is 2.29. The Balaban J connectivity index is 2.42. The lowest BCUT2D eigenvalue weighted by Crippen LogP contribution is -2.36. The van der Waals surface area contributed by atoms with E-state index in [0.29, 0.717) is 28.6 Å². The van der Waals surface area contributed by atoms with E-state index in [9.17, 15) is 19.5 Å². The molecule has 172 valence electrons. The maximum Gasteiger partial charge on any atom is 0.263 e. The Morgan fingerprint density at radius 2 is 1.53 bits per heavy atom. The van der Waals surface area contributed by atoms with Gasteiger partial charge in [0.15, 0.2) is 0 Å². The molecule has 4 rings (SSSR count). The van der Waals surface area contributed by atoms with Gasteiger partial charge >= 0.3 is 0 Å². The summed E-state index contributed by atoms with van der Waals surface area (Å²) in [6.45, 7) is 15.4. The predicted octanol–water partition coefficient (Wildman–Crippen LogP) is 2.42. The molecule has 1 aromatic carbocycles. The summed E-state index contributed by atoms with van der Waals surface area (Å²) in [6, 6.07) is 3.15. The average molecular weight is 457 g/mol. The van der Waals surface area contributed by atoms with Gasteiger partial charge in [-0.2, -0.15) is 0 Å². The fourth-order valence-electron chi connectivity index (χ4n) is 4.36. The summed E-state index contributed by atoms with van der Waals surface area (Å²) in [5.74, 6) is -0.286. The summed E-state index contributed by atoms with van der Waals surface area (Å²) >= 11 is 0. The van der Waals surface area contributed by atoms with Crippen molar-refractivity contribution in [1.29, 1.82) is 0 Å². The maximum absolute atomic E-state index is 13.5. The number of pyridine rings is 2. The van der Waals surface area contributed by atoms with Crippen LogP contribution in [0.1, 0.15) is 0 Å². The molecule has 0 radical (unpaired) electrons. The first-order valence-electron chi connectivity index (χ1n) is 10.7. The van der Waals surface area contributed by atoms with Gasteiger partial charge in [0.05, 0.1) is 28.2 Å². The molecule has 0 saturated heterocycles. The number of rotatable bonds is 9. The number of anilines is 1. The number of aromatic hydroxyl groups is 1. The fourth-order valence-corrected chi connectivity index (χ4v) is 4.36. The molecule has 0 saturated carbocycles. The number of allylic oxidation sites excluding steroid dienone is 2. The third-order valence-electron chi connectivity index (χ3n) is 5.72. The number of nitrogens with zero attached hydrogens (tertiary/aromatic N) is 3. The second-order valence-corrected chi connectivity index (χ2v) is 7.75. The van der Waals surface area contributed by atoms with Crippen LogP contribution in [-0.4, -0.2) is 27.3 Å². The van der Waals surface area contributed by atoms with Crippen LogP contribution in [0.25, 0.3) is 32.7 Å². The normalized spacial score (nSPS) is 11.9. The zero-order valence-corrected chi connectivity index (χ0v) is 18.6.